The Morgan fingerprint density at radius 2 is 1.31 bits per heavy atom. The fourth-order valence-electron chi connectivity index (χ4n) is 2.85. The van der Waals surface area contributed by atoms with Crippen LogP contribution in [0.1, 0.15) is 0 Å². The van der Waals surface area contributed by atoms with Gasteiger partial charge in [-0.25, -0.2) is 13.5 Å². The molecule has 3 aromatic carbocycles. The molecule has 0 radical (unpaired) electrons. The molecule has 0 saturated carbocycles. The molecule has 1 heterocycles. The summed E-state index contributed by atoms with van der Waals surface area (Å²) in [6.07, 6.45) is 0. The highest BCUT2D eigenvalue weighted by molar-refractivity contribution is 6.32. The van der Waals surface area contributed by atoms with E-state index in [0.717, 1.165) is 0 Å². The largest absolute Gasteiger partial charge is 0.231 e. The number of benzene rings is 3. The van der Waals surface area contributed by atoms with Crippen molar-refractivity contribution in [1.29, 1.82) is 0 Å². The van der Waals surface area contributed by atoms with Crippen LogP contribution in [0.2, 0.25) is 5.02 Å². The Balaban J connectivity index is 1.99. The van der Waals surface area contributed by atoms with Gasteiger partial charge in [-0.3, -0.25) is 0 Å². The number of rotatable bonds is 3. The Morgan fingerprint density at radius 1 is 0.731 bits per heavy atom. The highest BCUT2D eigenvalue weighted by atomic mass is 35.5. The molecule has 5 heteroatoms. The van der Waals surface area contributed by atoms with E-state index in [4.69, 9.17) is 11.6 Å². The number of hydrogen-bond acceptors (Lipinski definition) is 1. The van der Waals surface area contributed by atoms with Crippen molar-refractivity contribution in [3.63, 3.8) is 0 Å². The predicted molar refractivity (Wildman–Crippen MR) is 99.4 cm³/mol. The molecule has 0 spiro atoms. The van der Waals surface area contributed by atoms with Crippen molar-refractivity contribution in [2.45, 2.75) is 0 Å². The first-order valence-corrected chi connectivity index (χ1v) is 8.38. The lowest BCUT2D eigenvalue weighted by Crippen LogP contribution is -2.01. The van der Waals surface area contributed by atoms with E-state index >= 15 is 0 Å². The Bertz CT molecular complexity index is 1030. The van der Waals surface area contributed by atoms with Gasteiger partial charge in [0, 0.05) is 11.1 Å². The summed E-state index contributed by atoms with van der Waals surface area (Å²) in [4.78, 5) is 0. The first kappa shape index (κ1) is 16.5. The summed E-state index contributed by atoms with van der Waals surface area (Å²) >= 11 is 6.32. The minimum absolute atomic E-state index is 0.343. The molecule has 0 atom stereocenters. The maximum atomic E-state index is 14.4. The van der Waals surface area contributed by atoms with Gasteiger partial charge in [-0.05, 0) is 42.5 Å². The number of halogens is 3. The van der Waals surface area contributed by atoms with Gasteiger partial charge in [0.2, 0.25) is 0 Å². The topological polar surface area (TPSA) is 17.8 Å². The van der Waals surface area contributed by atoms with E-state index in [9.17, 15) is 8.78 Å². The lowest BCUT2D eigenvalue weighted by atomic mass is 10.1. The van der Waals surface area contributed by atoms with E-state index in [-0.39, 0.29) is 5.82 Å². The van der Waals surface area contributed by atoms with Crippen molar-refractivity contribution < 1.29 is 8.78 Å². The van der Waals surface area contributed by atoms with Crippen LogP contribution in [0.4, 0.5) is 8.78 Å². The molecule has 2 nitrogen and oxygen atoms in total. The number of aromatic nitrogens is 2. The predicted octanol–water partition coefficient (Wildman–Crippen LogP) is 6.14. The average Bonchev–Trinajstić information content (AvgIpc) is 3.07. The van der Waals surface area contributed by atoms with E-state index in [2.05, 4.69) is 5.10 Å². The summed E-state index contributed by atoms with van der Waals surface area (Å²) in [5.74, 6) is -0.780. The maximum absolute atomic E-state index is 14.4. The third-order valence-corrected chi connectivity index (χ3v) is 4.41. The molecular formula is C21H13ClF2N2. The van der Waals surface area contributed by atoms with Gasteiger partial charge >= 0.3 is 0 Å². The van der Waals surface area contributed by atoms with E-state index in [0.29, 0.717) is 33.2 Å². The van der Waals surface area contributed by atoms with Gasteiger partial charge in [0.1, 0.15) is 11.6 Å². The van der Waals surface area contributed by atoms with Gasteiger partial charge in [0.15, 0.2) is 0 Å². The van der Waals surface area contributed by atoms with Gasteiger partial charge in [-0.2, -0.15) is 5.10 Å². The van der Waals surface area contributed by atoms with Crippen molar-refractivity contribution in [3.05, 3.63) is 95.5 Å². The Hall–Kier alpha value is -2.98. The Labute approximate surface area is 154 Å². The van der Waals surface area contributed by atoms with Crippen LogP contribution in [0.5, 0.6) is 0 Å². The molecule has 0 unspecified atom stereocenters. The molecule has 0 saturated heterocycles. The standard InChI is InChI=1S/C21H13ClF2N2/c22-16-9-3-6-12-20(16)26-21(15-8-2-5-11-18(15)24)13-19(25-26)14-7-1-4-10-17(14)23/h1-13H. The minimum Gasteiger partial charge on any atom is -0.231 e. The van der Waals surface area contributed by atoms with E-state index in [1.54, 1.807) is 65.3 Å². The highest BCUT2D eigenvalue weighted by Gasteiger charge is 2.18. The molecule has 26 heavy (non-hydrogen) atoms. The zero-order valence-corrected chi connectivity index (χ0v) is 14.3. The van der Waals surface area contributed by atoms with Gasteiger partial charge in [-0.1, -0.05) is 48.0 Å². The van der Waals surface area contributed by atoms with E-state index in [1.807, 2.05) is 6.07 Å². The summed E-state index contributed by atoms with van der Waals surface area (Å²) in [7, 11) is 0. The summed E-state index contributed by atoms with van der Waals surface area (Å²) < 4.78 is 30.2. The van der Waals surface area contributed by atoms with Crippen LogP contribution >= 0.6 is 11.6 Å². The third-order valence-electron chi connectivity index (χ3n) is 4.09. The molecule has 4 aromatic rings. The number of para-hydroxylation sites is 1. The van der Waals surface area contributed by atoms with Crippen molar-refractivity contribution in [1.82, 2.24) is 9.78 Å². The first-order chi connectivity index (χ1) is 12.6. The van der Waals surface area contributed by atoms with Gasteiger partial charge in [-0.15, -0.1) is 0 Å². The van der Waals surface area contributed by atoms with Crippen LogP contribution in [-0.2, 0) is 0 Å². The van der Waals surface area contributed by atoms with Crippen LogP contribution in [0.3, 0.4) is 0 Å². The smallest absolute Gasteiger partial charge is 0.132 e. The first-order valence-electron chi connectivity index (χ1n) is 8.00. The molecule has 4 rings (SSSR count). The second-order valence-electron chi connectivity index (χ2n) is 5.74. The van der Waals surface area contributed by atoms with Crippen molar-refractivity contribution >= 4 is 11.6 Å². The second-order valence-corrected chi connectivity index (χ2v) is 6.14. The van der Waals surface area contributed by atoms with Crippen molar-refractivity contribution in [2.75, 3.05) is 0 Å². The van der Waals surface area contributed by atoms with Crippen LogP contribution in [-0.4, -0.2) is 9.78 Å². The average molecular weight is 367 g/mol. The maximum Gasteiger partial charge on any atom is 0.132 e. The molecule has 0 aliphatic rings. The normalized spacial score (nSPS) is 10.9. The van der Waals surface area contributed by atoms with Gasteiger partial charge < -0.3 is 0 Å². The van der Waals surface area contributed by atoms with Gasteiger partial charge in [0.25, 0.3) is 0 Å². The summed E-state index contributed by atoms with van der Waals surface area (Å²) in [6, 6.07) is 21.5. The van der Waals surface area contributed by atoms with Gasteiger partial charge in [0.05, 0.1) is 22.1 Å². The lowest BCUT2D eigenvalue weighted by Gasteiger charge is -2.09. The summed E-state index contributed by atoms with van der Waals surface area (Å²) in [5, 5.41) is 4.98. The molecule has 0 aliphatic carbocycles. The molecule has 0 bridgehead atoms. The summed E-state index contributed by atoms with van der Waals surface area (Å²) in [5.41, 5.74) is 2.20. The fourth-order valence-corrected chi connectivity index (χ4v) is 3.07. The summed E-state index contributed by atoms with van der Waals surface area (Å²) in [6.45, 7) is 0. The van der Waals surface area contributed by atoms with Crippen LogP contribution in [0.25, 0.3) is 28.2 Å². The minimum atomic E-state index is -0.392. The monoisotopic (exact) mass is 366 g/mol. The Morgan fingerprint density at radius 3 is 1.96 bits per heavy atom. The van der Waals surface area contributed by atoms with Crippen LogP contribution < -0.4 is 0 Å². The highest BCUT2D eigenvalue weighted by Crippen LogP contribution is 2.33. The molecule has 0 N–H and O–H groups in total. The quantitative estimate of drug-likeness (QED) is 0.426. The van der Waals surface area contributed by atoms with E-state index in [1.165, 1.54) is 12.1 Å². The second kappa shape index (κ2) is 6.73. The van der Waals surface area contributed by atoms with Crippen molar-refractivity contribution in [3.8, 4) is 28.2 Å². The molecule has 128 valence electrons. The molecule has 1 aromatic heterocycles. The van der Waals surface area contributed by atoms with Crippen LogP contribution in [0, 0.1) is 11.6 Å². The zero-order valence-electron chi connectivity index (χ0n) is 13.5. The van der Waals surface area contributed by atoms with Crippen molar-refractivity contribution in [2.24, 2.45) is 0 Å². The molecule has 0 fully saturated rings. The van der Waals surface area contributed by atoms with E-state index < -0.39 is 5.82 Å². The number of nitrogens with zero attached hydrogens (tertiary/aromatic N) is 2. The molecular weight excluding hydrogens is 354 g/mol. The zero-order chi connectivity index (χ0) is 18.1. The third kappa shape index (κ3) is 2.89. The fraction of sp³-hybridized carbons (Fsp3) is 0. The molecule has 0 amide bonds. The van der Waals surface area contributed by atoms with Crippen LogP contribution in [0.15, 0.2) is 78.9 Å². The SMILES string of the molecule is Fc1ccccc1-c1cc(-c2ccccc2F)n(-c2ccccc2Cl)n1. The number of hydrogen-bond donors (Lipinski definition) is 0. The molecule has 0 aliphatic heterocycles. The lowest BCUT2D eigenvalue weighted by molar-refractivity contribution is 0.629. The Kier molecular flexibility index (Phi) is 4.27.